The number of fused-ring (bicyclic) bond motifs is 1. The van der Waals surface area contributed by atoms with Crippen molar-refractivity contribution in [3.05, 3.63) is 53.6 Å². The van der Waals surface area contributed by atoms with E-state index in [0.717, 1.165) is 30.3 Å². The van der Waals surface area contributed by atoms with E-state index in [4.69, 9.17) is 29.9 Å². The second-order valence-corrected chi connectivity index (χ2v) is 15.0. The Bertz CT molecular complexity index is 2340. The highest BCUT2D eigenvalue weighted by Gasteiger charge is 2.26. The van der Waals surface area contributed by atoms with Crippen LogP contribution in [0.2, 0.25) is 0 Å². The molecule has 4 aromatic carbocycles. The molecule has 0 saturated carbocycles. The van der Waals surface area contributed by atoms with Crippen LogP contribution in [0.5, 0.6) is 17.2 Å². The second kappa shape index (κ2) is 18.1. The van der Waals surface area contributed by atoms with E-state index in [1.54, 1.807) is 13.0 Å². The molecule has 0 heterocycles. The van der Waals surface area contributed by atoms with Gasteiger partial charge in [0.15, 0.2) is 27.9 Å². The number of ether oxygens (including phenoxy) is 2. The van der Waals surface area contributed by atoms with E-state index >= 15 is 0 Å². The van der Waals surface area contributed by atoms with Crippen LogP contribution < -0.4 is 15.2 Å². The Labute approximate surface area is 313 Å². The van der Waals surface area contributed by atoms with Crippen LogP contribution in [0, 0.1) is 6.92 Å². The summed E-state index contributed by atoms with van der Waals surface area (Å²) < 4.78 is 84.9. The van der Waals surface area contributed by atoms with Gasteiger partial charge in [-0.25, -0.2) is 23.7 Å². The number of azo groups is 2. The van der Waals surface area contributed by atoms with E-state index in [-0.39, 0.29) is 51.5 Å². The van der Waals surface area contributed by atoms with Crippen molar-refractivity contribution < 1.29 is 79.3 Å². The number of nitrogens with two attached hydrogens (primary N) is 1. The molecule has 22 nitrogen and oxygen atoms in total. The van der Waals surface area contributed by atoms with E-state index in [0.29, 0.717) is 11.3 Å². The number of methoxy groups -OCH3 is 2. The summed E-state index contributed by atoms with van der Waals surface area (Å²) in [6, 6.07) is 7.82. The van der Waals surface area contributed by atoms with Crippen molar-refractivity contribution >= 4 is 89.5 Å². The fraction of sp³-hybridized carbons (Fsp3) is 0.179. The molecule has 4 aromatic rings. The Balaban J connectivity index is 1.92. The topological polar surface area (TPSA) is 327 Å². The molecule has 0 radical (unpaired) electrons. The molecule has 26 heteroatoms. The Morgan fingerprint density at radius 1 is 0.870 bits per heavy atom. The zero-order valence-corrected chi connectivity index (χ0v) is 30.9. The molecule has 0 aliphatic carbocycles. The average Bonchev–Trinajstić information content (AvgIpc) is 3.12. The lowest BCUT2D eigenvalue weighted by atomic mass is 10.1. The Morgan fingerprint density at radius 3 is 2.17 bits per heavy atom. The van der Waals surface area contributed by atoms with Gasteiger partial charge in [-0.15, -0.1) is 29.1 Å². The lowest BCUT2D eigenvalue weighted by Crippen LogP contribution is -2.11. The van der Waals surface area contributed by atoms with Crippen LogP contribution in [0.1, 0.15) is 15.9 Å². The number of carboxylic acid groups (broad SMARTS) is 1. The van der Waals surface area contributed by atoms with Crippen LogP contribution in [0.25, 0.3) is 10.8 Å². The van der Waals surface area contributed by atoms with Gasteiger partial charge in [-0.1, -0.05) is 10.1 Å². The molecule has 0 aromatic heterocycles. The first-order valence-electron chi connectivity index (χ1n) is 14.2. The van der Waals surface area contributed by atoms with Crippen molar-refractivity contribution in [1.29, 1.82) is 0 Å². The highest BCUT2D eigenvalue weighted by atomic mass is 32.2. The van der Waals surface area contributed by atoms with Crippen LogP contribution in [0.4, 0.5) is 28.4 Å². The van der Waals surface area contributed by atoms with Crippen molar-refractivity contribution in [2.24, 2.45) is 20.5 Å². The maximum atomic E-state index is 12.9. The summed E-state index contributed by atoms with van der Waals surface area (Å²) >= 11 is 0.356. The van der Waals surface area contributed by atoms with E-state index in [1.807, 2.05) is 0 Å². The fourth-order valence-electron chi connectivity index (χ4n) is 4.64. The SMILES string of the molecule is COc1cc(N=Nc2c(S(=O)(=O)O)cc3cc(SOOO)c(N=Nc4cc(S(=O)(=O)CCOSOOO)ccc4C(=O)O)c(O)c3c2N)c(OC)cc1C. The zero-order valence-electron chi connectivity index (χ0n) is 27.6. The second-order valence-electron chi connectivity index (χ2n) is 10.2. The number of phenolic OH excluding ortho intramolecular Hbond substituents is 1. The number of benzene rings is 4. The number of rotatable bonds is 18. The van der Waals surface area contributed by atoms with Gasteiger partial charge in [-0.2, -0.15) is 8.42 Å². The highest BCUT2D eigenvalue weighted by molar-refractivity contribution is 7.94. The Hall–Kier alpha value is -4.71. The van der Waals surface area contributed by atoms with Crippen LogP contribution >= 0.6 is 24.4 Å². The Morgan fingerprint density at radius 2 is 1.54 bits per heavy atom. The molecule has 0 bridgehead atoms. The zero-order chi connectivity index (χ0) is 39.8. The molecule has 54 heavy (non-hydrogen) atoms. The Kier molecular flexibility index (Phi) is 14.1. The molecule has 7 N–H and O–H groups in total. The number of nitrogens with zero attached hydrogens (tertiary/aromatic N) is 4. The molecular formula is C28H27N5O17S4. The number of nitrogen functional groups attached to an aromatic ring is 1. The fourth-order valence-corrected chi connectivity index (χ4v) is 7.23. The molecule has 0 unspecified atom stereocenters. The number of hydrogen-bond donors (Lipinski definition) is 6. The van der Waals surface area contributed by atoms with Gasteiger partial charge in [0.2, 0.25) is 0 Å². The molecule has 290 valence electrons. The quantitative estimate of drug-likeness (QED) is 0.0119. The summed E-state index contributed by atoms with van der Waals surface area (Å²) in [6.45, 7) is 1.27. The number of sulfone groups is 1. The molecule has 0 saturated heterocycles. The van der Waals surface area contributed by atoms with Crippen molar-refractivity contribution in [2.75, 3.05) is 32.3 Å². The van der Waals surface area contributed by atoms with Crippen molar-refractivity contribution in [3.8, 4) is 17.2 Å². The van der Waals surface area contributed by atoms with E-state index in [9.17, 15) is 36.4 Å². The largest absolute Gasteiger partial charge is 0.505 e. The number of phenols is 1. The molecule has 4 rings (SSSR count). The number of hydrogen-bond acceptors (Lipinski definition) is 22. The van der Waals surface area contributed by atoms with Gasteiger partial charge < -0.3 is 25.4 Å². The molecule has 0 spiro atoms. The third-order valence-electron chi connectivity index (χ3n) is 7.06. The van der Waals surface area contributed by atoms with Crippen molar-refractivity contribution in [1.82, 2.24) is 0 Å². The van der Waals surface area contributed by atoms with Gasteiger partial charge in [0.25, 0.3) is 10.1 Å². The average molecular weight is 834 g/mol. The van der Waals surface area contributed by atoms with E-state index in [2.05, 4.69) is 39.2 Å². The first-order chi connectivity index (χ1) is 25.6. The normalized spacial score (nSPS) is 12.3. The monoisotopic (exact) mass is 833 g/mol. The van der Waals surface area contributed by atoms with Crippen molar-refractivity contribution in [3.63, 3.8) is 0 Å². The van der Waals surface area contributed by atoms with Crippen LogP contribution in [-0.4, -0.2) is 74.7 Å². The standard InChI is InChI=1S/C28H27N5O17S4/c1-13-8-20(45-3)18(12-19(13)44-2)31-33-26-22(54(41,42)43)10-14-9-21(51-49-47-37)25(27(34)23(14)24(26)29)32-30-17-11-15(4-5-16(17)28(35)36)53(39,40)7-6-46-52-50-48-38/h4-5,8-12,34,37-38H,6-7,29H2,1-3H3,(H,35,36)(H,41,42,43). The number of aryl methyl sites for hydroxylation is 1. The molecule has 0 aliphatic rings. The lowest BCUT2D eigenvalue weighted by molar-refractivity contribution is -0.434. The van der Waals surface area contributed by atoms with Gasteiger partial charge in [0.1, 0.15) is 39.1 Å². The summed E-state index contributed by atoms with van der Waals surface area (Å²) in [4.78, 5) is 10.5. The number of aromatic carboxylic acids is 1. The molecule has 0 atom stereocenters. The number of aromatic hydroxyl groups is 1. The highest BCUT2D eigenvalue weighted by Crippen LogP contribution is 2.50. The minimum atomic E-state index is -5.08. The van der Waals surface area contributed by atoms with Crippen molar-refractivity contribution in [2.45, 2.75) is 21.6 Å². The molecule has 0 amide bonds. The predicted octanol–water partition coefficient (Wildman–Crippen LogP) is 6.43. The summed E-state index contributed by atoms with van der Waals surface area (Å²) in [5.41, 5.74) is 4.32. The first-order valence-corrected chi connectivity index (χ1v) is 18.7. The molecular weight excluding hydrogens is 807 g/mol. The summed E-state index contributed by atoms with van der Waals surface area (Å²) in [7, 11) is -6.47. The number of carbonyl (C=O) groups is 1. The predicted molar refractivity (Wildman–Crippen MR) is 187 cm³/mol. The summed E-state index contributed by atoms with van der Waals surface area (Å²) in [5.74, 6) is -2.44. The van der Waals surface area contributed by atoms with E-state index in [1.165, 1.54) is 20.3 Å². The minimum absolute atomic E-state index is 0.0579. The maximum Gasteiger partial charge on any atom is 0.337 e. The maximum absolute atomic E-state index is 12.9. The summed E-state index contributed by atoms with van der Waals surface area (Å²) in [5, 5.41) is 60.4. The number of anilines is 1. The molecule has 0 aliphatic heterocycles. The van der Waals surface area contributed by atoms with Crippen LogP contribution in [-0.2, 0) is 42.9 Å². The third-order valence-corrected chi connectivity index (χ3v) is 10.6. The van der Waals surface area contributed by atoms with Gasteiger partial charge in [0.05, 0.1) is 65.1 Å². The molecule has 0 fully saturated rings. The van der Waals surface area contributed by atoms with Gasteiger partial charge >= 0.3 is 5.97 Å². The number of carboxylic acids is 1. The van der Waals surface area contributed by atoms with Crippen LogP contribution in [0.15, 0.2) is 77.6 Å². The lowest BCUT2D eigenvalue weighted by Gasteiger charge is -2.14. The van der Waals surface area contributed by atoms with Gasteiger partial charge in [-0.05, 0) is 54.3 Å². The van der Waals surface area contributed by atoms with Gasteiger partial charge in [-0.3, -0.25) is 8.74 Å². The smallest absolute Gasteiger partial charge is 0.337 e. The minimum Gasteiger partial charge on any atom is -0.505 e. The third kappa shape index (κ3) is 9.68. The summed E-state index contributed by atoms with van der Waals surface area (Å²) in [6.07, 6.45) is 0. The first kappa shape index (κ1) is 42.0. The van der Waals surface area contributed by atoms with Gasteiger partial charge in [0, 0.05) is 6.07 Å². The van der Waals surface area contributed by atoms with Crippen LogP contribution in [0.3, 0.4) is 0 Å². The van der Waals surface area contributed by atoms with E-state index < -0.39 is 82.1 Å².